The third kappa shape index (κ3) is 6.98. The number of amides is 1. The summed E-state index contributed by atoms with van der Waals surface area (Å²) in [7, 11) is 0. The Balaban J connectivity index is 0.00000264. The maximum Gasteiger partial charge on any atom is 0.236 e. The Bertz CT molecular complexity index is 465. The van der Waals surface area contributed by atoms with Gasteiger partial charge >= 0.3 is 0 Å². The van der Waals surface area contributed by atoms with Gasteiger partial charge in [-0.1, -0.05) is 44.2 Å². The summed E-state index contributed by atoms with van der Waals surface area (Å²) >= 11 is 0. The quantitative estimate of drug-likeness (QED) is 0.769. The van der Waals surface area contributed by atoms with Crippen molar-refractivity contribution in [1.82, 2.24) is 10.2 Å². The van der Waals surface area contributed by atoms with Gasteiger partial charge in [-0.05, 0) is 43.8 Å². The van der Waals surface area contributed by atoms with Crippen LogP contribution in [-0.2, 0) is 4.79 Å². The number of carbonyl (C=O) groups excluding carboxylic acids is 1. The molecule has 24 heavy (non-hydrogen) atoms. The van der Waals surface area contributed by atoms with E-state index in [2.05, 4.69) is 48.3 Å². The zero-order valence-corrected chi connectivity index (χ0v) is 16.2. The third-order valence-corrected chi connectivity index (χ3v) is 4.30. The largest absolute Gasteiger partial charge is 0.353 e. The number of hydrogen-bond acceptors (Lipinski definition) is 3. The minimum absolute atomic E-state index is 0. The summed E-state index contributed by atoms with van der Waals surface area (Å²) in [5, 5.41) is 3.06. The molecule has 1 amide bonds. The van der Waals surface area contributed by atoms with Crippen LogP contribution in [0.5, 0.6) is 0 Å². The molecule has 1 aromatic carbocycles. The topological polar surface area (TPSA) is 58.4 Å². The first-order chi connectivity index (χ1) is 10.6. The summed E-state index contributed by atoms with van der Waals surface area (Å²) in [6.45, 7) is 7.02. The number of nitrogens with zero attached hydrogens (tertiary/aromatic N) is 1. The number of hydrogen-bond donors (Lipinski definition) is 2. The molecule has 1 aliphatic heterocycles. The SMILES string of the molecule is CC(C)C[C@H](N)C(=O)NCC(c1ccccc1)N1CCCC1.Cl.Cl. The van der Waals surface area contributed by atoms with E-state index in [9.17, 15) is 4.79 Å². The summed E-state index contributed by atoms with van der Waals surface area (Å²) in [6.07, 6.45) is 3.21. The van der Waals surface area contributed by atoms with Crippen molar-refractivity contribution in [1.29, 1.82) is 0 Å². The van der Waals surface area contributed by atoms with Gasteiger partial charge in [0.05, 0.1) is 12.1 Å². The molecule has 2 rings (SSSR count). The van der Waals surface area contributed by atoms with Gasteiger partial charge in [0.25, 0.3) is 0 Å². The molecule has 1 saturated heterocycles. The molecule has 138 valence electrons. The lowest BCUT2D eigenvalue weighted by Gasteiger charge is -2.28. The number of halogens is 2. The Morgan fingerprint density at radius 2 is 1.75 bits per heavy atom. The van der Waals surface area contributed by atoms with E-state index in [-0.39, 0.29) is 36.8 Å². The molecule has 0 aromatic heterocycles. The van der Waals surface area contributed by atoms with Crippen LogP contribution < -0.4 is 11.1 Å². The number of nitrogens with two attached hydrogens (primary N) is 1. The summed E-state index contributed by atoms with van der Waals surface area (Å²) in [6, 6.07) is 10.3. The minimum Gasteiger partial charge on any atom is -0.353 e. The van der Waals surface area contributed by atoms with E-state index in [4.69, 9.17) is 5.73 Å². The minimum atomic E-state index is -0.407. The molecule has 2 atom stereocenters. The summed E-state index contributed by atoms with van der Waals surface area (Å²) in [5.74, 6) is 0.401. The number of carbonyl (C=O) groups is 1. The number of benzene rings is 1. The molecule has 6 heteroatoms. The van der Waals surface area contributed by atoms with Gasteiger partial charge in [-0.3, -0.25) is 9.69 Å². The average Bonchev–Trinajstić information content (AvgIpc) is 3.02. The van der Waals surface area contributed by atoms with Crippen LogP contribution >= 0.6 is 24.8 Å². The number of rotatable bonds is 7. The highest BCUT2D eigenvalue weighted by Crippen LogP contribution is 2.24. The van der Waals surface area contributed by atoms with Crippen molar-refractivity contribution in [2.45, 2.75) is 45.2 Å². The third-order valence-electron chi connectivity index (χ3n) is 4.30. The van der Waals surface area contributed by atoms with Crippen molar-refractivity contribution in [3.63, 3.8) is 0 Å². The maximum atomic E-state index is 12.2. The van der Waals surface area contributed by atoms with E-state index >= 15 is 0 Å². The lowest BCUT2D eigenvalue weighted by Crippen LogP contribution is -2.44. The van der Waals surface area contributed by atoms with E-state index in [1.54, 1.807) is 0 Å². The smallest absolute Gasteiger partial charge is 0.236 e. The second-order valence-electron chi connectivity index (χ2n) is 6.65. The normalized spacial score (nSPS) is 16.8. The predicted octanol–water partition coefficient (Wildman–Crippen LogP) is 3.16. The summed E-state index contributed by atoms with van der Waals surface area (Å²) in [4.78, 5) is 14.6. The number of likely N-dealkylation sites (tertiary alicyclic amines) is 1. The Morgan fingerprint density at radius 3 is 2.29 bits per heavy atom. The Kier molecular flexibility index (Phi) is 11.3. The van der Waals surface area contributed by atoms with E-state index in [0.29, 0.717) is 12.5 Å². The molecular weight excluding hydrogens is 345 g/mol. The van der Waals surface area contributed by atoms with Crippen LogP contribution in [0.25, 0.3) is 0 Å². The van der Waals surface area contributed by atoms with Crippen LogP contribution in [0.15, 0.2) is 30.3 Å². The number of nitrogens with one attached hydrogen (secondary N) is 1. The summed E-state index contributed by atoms with van der Waals surface area (Å²) < 4.78 is 0. The molecule has 1 aromatic rings. The van der Waals surface area contributed by atoms with Crippen LogP contribution in [0, 0.1) is 5.92 Å². The van der Waals surface area contributed by atoms with Gasteiger partial charge in [-0.2, -0.15) is 0 Å². The highest BCUT2D eigenvalue weighted by Gasteiger charge is 2.24. The van der Waals surface area contributed by atoms with Crippen LogP contribution in [0.3, 0.4) is 0 Å². The van der Waals surface area contributed by atoms with Gasteiger partial charge in [0, 0.05) is 6.54 Å². The molecule has 0 radical (unpaired) electrons. The molecule has 3 N–H and O–H groups in total. The van der Waals surface area contributed by atoms with Crippen LogP contribution in [-0.4, -0.2) is 36.5 Å². The molecule has 1 heterocycles. The highest BCUT2D eigenvalue weighted by atomic mass is 35.5. The molecule has 0 spiro atoms. The lowest BCUT2D eigenvalue weighted by atomic mass is 10.0. The van der Waals surface area contributed by atoms with Crippen molar-refractivity contribution >= 4 is 30.7 Å². The van der Waals surface area contributed by atoms with E-state index in [1.165, 1.54) is 18.4 Å². The van der Waals surface area contributed by atoms with E-state index in [0.717, 1.165) is 19.5 Å². The van der Waals surface area contributed by atoms with Gasteiger partial charge < -0.3 is 11.1 Å². The molecule has 0 saturated carbocycles. The molecule has 0 aliphatic carbocycles. The molecule has 0 bridgehead atoms. The van der Waals surface area contributed by atoms with Gasteiger partial charge in [-0.25, -0.2) is 0 Å². The molecule has 1 fully saturated rings. The zero-order valence-electron chi connectivity index (χ0n) is 14.6. The van der Waals surface area contributed by atoms with E-state index in [1.807, 2.05) is 6.07 Å². The zero-order chi connectivity index (χ0) is 15.9. The first-order valence-electron chi connectivity index (χ1n) is 8.40. The fourth-order valence-corrected chi connectivity index (χ4v) is 3.13. The first kappa shape index (κ1) is 23.2. The van der Waals surface area contributed by atoms with Gasteiger partial charge in [0.2, 0.25) is 5.91 Å². The average molecular weight is 376 g/mol. The Hall–Kier alpha value is -0.810. The first-order valence-corrected chi connectivity index (χ1v) is 8.40. The maximum absolute atomic E-state index is 12.2. The van der Waals surface area contributed by atoms with Crippen molar-refractivity contribution in [2.24, 2.45) is 11.7 Å². The molecule has 1 unspecified atom stereocenters. The van der Waals surface area contributed by atoms with E-state index < -0.39 is 6.04 Å². The fourth-order valence-electron chi connectivity index (χ4n) is 3.13. The monoisotopic (exact) mass is 375 g/mol. The highest BCUT2D eigenvalue weighted by molar-refractivity contribution is 5.85. The van der Waals surface area contributed by atoms with Crippen molar-refractivity contribution in [3.05, 3.63) is 35.9 Å². The van der Waals surface area contributed by atoms with Crippen LogP contribution in [0.1, 0.15) is 44.7 Å². The Labute approximate surface area is 158 Å². The molecular formula is C18H31Cl2N3O. The van der Waals surface area contributed by atoms with Crippen molar-refractivity contribution < 1.29 is 4.79 Å². The van der Waals surface area contributed by atoms with Gasteiger partial charge in [0.15, 0.2) is 0 Å². The standard InChI is InChI=1S/C18H29N3O.2ClH/c1-14(2)12-16(19)18(22)20-13-17(21-10-6-7-11-21)15-8-4-3-5-9-15;;/h3-5,8-9,14,16-17H,6-7,10-13,19H2,1-2H3,(H,20,22);2*1H/t16-,17?;;/m0../s1. The van der Waals surface area contributed by atoms with Crippen LogP contribution in [0.4, 0.5) is 0 Å². The second kappa shape index (κ2) is 11.7. The van der Waals surface area contributed by atoms with Crippen molar-refractivity contribution in [3.8, 4) is 0 Å². The Morgan fingerprint density at radius 1 is 1.17 bits per heavy atom. The second-order valence-corrected chi connectivity index (χ2v) is 6.65. The van der Waals surface area contributed by atoms with Gasteiger partial charge in [0.1, 0.15) is 0 Å². The lowest BCUT2D eigenvalue weighted by molar-refractivity contribution is -0.122. The van der Waals surface area contributed by atoms with Crippen molar-refractivity contribution in [2.75, 3.05) is 19.6 Å². The van der Waals surface area contributed by atoms with Crippen LogP contribution in [0.2, 0.25) is 0 Å². The predicted molar refractivity (Wildman–Crippen MR) is 105 cm³/mol. The molecule has 4 nitrogen and oxygen atoms in total. The summed E-state index contributed by atoms with van der Waals surface area (Å²) in [5.41, 5.74) is 7.24. The molecule has 1 aliphatic rings. The van der Waals surface area contributed by atoms with Gasteiger partial charge in [-0.15, -0.1) is 24.8 Å². The fraction of sp³-hybridized carbons (Fsp3) is 0.611.